The van der Waals surface area contributed by atoms with Crippen LogP contribution >= 0.6 is 0 Å². The van der Waals surface area contributed by atoms with Gasteiger partial charge in [-0.05, 0) is 95.1 Å². The number of benzene rings is 4. The molecule has 1 atom stereocenters. The maximum Gasteiger partial charge on any atom is 0.0572 e. The molecule has 4 nitrogen and oxygen atoms in total. The van der Waals surface area contributed by atoms with Crippen molar-refractivity contribution in [2.24, 2.45) is 5.92 Å². The van der Waals surface area contributed by atoms with Crippen molar-refractivity contribution in [2.75, 3.05) is 0 Å². The van der Waals surface area contributed by atoms with Crippen LogP contribution in [0, 0.1) is 5.92 Å². The smallest absolute Gasteiger partial charge is 0.0572 e. The summed E-state index contributed by atoms with van der Waals surface area (Å²) in [5, 5.41) is 3.60. The minimum absolute atomic E-state index is 0.571. The van der Waals surface area contributed by atoms with E-state index in [2.05, 4.69) is 147 Å². The van der Waals surface area contributed by atoms with Gasteiger partial charge in [0.05, 0.1) is 16.6 Å². The molecule has 46 heavy (non-hydrogen) atoms. The minimum Gasteiger partial charge on any atom is -0.310 e. The van der Waals surface area contributed by atoms with Gasteiger partial charge >= 0.3 is 0 Å². The van der Waals surface area contributed by atoms with Crippen molar-refractivity contribution in [3.63, 3.8) is 0 Å². The molecule has 0 saturated carbocycles. The predicted molar refractivity (Wildman–Crippen MR) is 190 cm³/mol. The van der Waals surface area contributed by atoms with Crippen molar-refractivity contribution in [1.82, 2.24) is 19.1 Å². The summed E-state index contributed by atoms with van der Waals surface area (Å²) in [7, 11) is 0. The topological polar surface area (TPSA) is 35.6 Å². The van der Waals surface area contributed by atoms with Crippen LogP contribution in [-0.2, 0) is 12.8 Å². The van der Waals surface area contributed by atoms with Crippen LogP contribution in [0.2, 0.25) is 0 Å². The molecule has 0 fully saturated rings. The van der Waals surface area contributed by atoms with Crippen LogP contribution in [0.3, 0.4) is 0 Å². The van der Waals surface area contributed by atoms with Crippen molar-refractivity contribution in [2.45, 2.75) is 19.8 Å². The second kappa shape index (κ2) is 10.7. The zero-order chi connectivity index (χ0) is 30.6. The number of fused-ring (bicyclic) bond motifs is 6. The average molecular weight is 593 g/mol. The van der Waals surface area contributed by atoms with Crippen molar-refractivity contribution in [1.29, 1.82) is 0 Å². The third-order valence-electron chi connectivity index (χ3n) is 9.51. The van der Waals surface area contributed by atoms with Gasteiger partial charge in [0.2, 0.25) is 0 Å². The Morgan fingerprint density at radius 2 is 1.13 bits per heavy atom. The molecule has 0 N–H and O–H groups in total. The molecule has 0 aliphatic heterocycles. The molecule has 0 bridgehead atoms. The molecule has 9 rings (SSSR count). The molecule has 4 aromatic carbocycles. The Morgan fingerprint density at radius 1 is 0.587 bits per heavy atom. The summed E-state index contributed by atoms with van der Waals surface area (Å²) in [4.78, 5) is 8.71. The largest absolute Gasteiger partial charge is 0.310 e. The third-order valence-corrected chi connectivity index (χ3v) is 9.51. The molecule has 1 aliphatic carbocycles. The second-order valence-corrected chi connectivity index (χ2v) is 12.5. The van der Waals surface area contributed by atoms with Gasteiger partial charge in [0.15, 0.2) is 0 Å². The van der Waals surface area contributed by atoms with Crippen LogP contribution in [0.1, 0.15) is 29.3 Å². The Labute approximate surface area is 267 Å². The molecule has 8 aromatic rings. The van der Waals surface area contributed by atoms with Crippen molar-refractivity contribution in [3.05, 3.63) is 162 Å². The molecular formula is C42H32N4. The maximum absolute atomic E-state index is 4.35. The van der Waals surface area contributed by atoms with E-state index in [0.29, 0.717) is 5.92 Å². The zero-order valence-electron chi connectivity index (χ0n) is 25.6. The number of pyridine rings is 2. The van der Waals surface area contributed by atoms with Crippen LogP contribution < -0.4 is 0 Å². The highest BCUT2D eigenvalue weighted by molar-refractivity contribution is 6.08. The molecule has 1 unspecified atom stereocenters. The summed E-state index contributed by atoms with van der Waals surface area (Å²) in [6, 6.07) is 39.9. The van der Waals surface area contributed by atoms with Crippen LogP contribution in [0.5, 0.6) is 0 Å². The molecule has 0 spiro atoms. The highest BCUT2D eigenvalue weighted by Crippen LogP contribution is 2.36. The number of rotatable bonds is 5. The maximum atomic E-state index is 4.35. The monoisotopic (exact) mass is 592 g/mol. The number of allylic oxidation sites excluding steroid dienone is 1. The van der Waals surface area contributed by atoms with Crippen molar-refractivity contribution in [3.8, 4) is 22.5 Å². The molecule has 4 heterocycles. The Kier molecular flexibility index (Phi) is 6.20. The van der Waals surface area contributed by atoms with Crippen LogP contribution in [0.25, 0.3) is 61.3 Å². The summed E-state index contributed by atoms with van der Waals surface area (Å²) in [6.45, 7) is 2.30. The van der Waals surface area contributed by atoms with E-state index in [0.717, 1.165) is 40.3 Å². The quantitative estimate of drug-likeness (QED) is 0.199. The lowest BCUT2D eigenvalue weighted by atomic mass is 9.93. The van der Waals surface area contributed by atoms with E-state index in [1.165, 1.54) is 50.1 Å². The Bertz CT molecular complexity index is 2350. The summed E-state index contributed by atoms with van der Waals surface area (Å²) in [5.41, 5.74) is 13.7. The number of aromatic nitrogens is 4. The van der Waals surface area contributed by atoms with Gasteiger partial charge in [0, 0.05) is 58.0 Å². The SMILES string of the molecule is CC1C=Cc2c(c3ccccc3n2-c2ccc(Cc3ccc(-c4ccc(-n5c6ccncc6c6cnccc65)cc4)cc3)cc2)C1. The number of hydrogen-bond acceptors (Lipinski definition) is 2. The van der Waals surface area contributed by atoms with Gasteiger partial charge in [0.1, 0.15) is 0 Å². The fourth-order valence-corrected chi connectivity index (χ4v) is 7.24. The van der Waals surface area contributed by atoms with Crippen LogP contribution in [0.15, 0.2) is 140 Å². The highest BCUT2D eigenvalue weighted by Gasteiger charge is 2.20. The van der Waals surface area contributed by atoms with E-state index >= 15 is 0 Å². The van der Waals surface area contributed by atoms with E-state index in [1.54, 1.807) is 0 Å². The second-order valence-electron chi connectivity index (χ2n) is 12.5. The molecule has 0 radical (unpaired) electrons. The first-order valence-electron chi connectivity index (χ1n) is 16.0. The van der Waals surface area contributed by atoms with E-state index in [-0.39, 0.29) is 0 Å². The summed E-state index contributed by atoms with van der Waals surface area (Å²) < 4.78 is 4.71. The number of nitrogens with zero attached hydrogens (tertiary/aromatic N) is 4. The van der Waals surface area contributed by atoms with Gasteiger partial charge < -0.3 is 9.13 Å². The zero-order valence-corrected chi connectivity index (χ0v) is 25.6. The third kappa shape index (κ3) is 4.37. The van der Waals surface area contributed by atoms with E-state index < -0.39 is 0 Å². The average Bonchev–Trinajstić information content (AvgIpc) is 3.62. The molecular weight excluding hydrogens is 560 g/mol. The lowest BCUT2D eigenvalue weighted by Gasteiger charge is -2.16. The minimum atomic E-state index is 0.571. The molecule has 0 saturated heterocycles. The number of para-hydroxylation sites is 1. The molecule has 1 aliphatic rings. The Morgan fingerprint density at radius 3 is 1.80 bits per heavy atom. The first-order chi connectivity index (χ1) is 22.7. The first kappa shape index (κ1) is 26.6. The molecule has 4 heteroatoms. The Balaban J connectivity index is 0.958. The lowest BCUT2D eigenvalue weighted by molar-refractivity contribution is 0.718. The fourth-order valence-electron chi connectivity index (χ4n) is 7.24. The fraction of sp³-hybridized carbons (Fsp3) is 0.0952. The highest BCUT2D eigenvalue weighted by atomic mass is 15.0. The first-order valence-corrected chi connectivity index (χ1v) is 16.0. The van der Waals surface area contributed by atoms with Gasteiger partial charge in [-0.25, -0.2) is 0 Å². The van der Waals surface area contributed by atoms with Crippen molar-refractivity contribution >= 4 is 38.8 Å². The molecule has 4 aromatic heterocycles. The van der Waals surface area contributed by atoms with E-state index in [4.69, 9.17) is 0 Å². The molecule has 220 valence electrons. The van der Waals surface area contributed by atoms with Gasteiger partial charge in [-0.15, -0.1) is 0 Å². The number of hydrogen-bond donors (Lipinski definition) is 0. The molecule has 0 amide bonds. The normalized spacial score (nSPS) is 14.3. The summed E-state index contributed by atoms with van der Waals surface area (Å²) in [6.07, 6.45) is 14.2. The lowest BCUT2D eigenvalue weighted by Crippen LogP contribution is -2.05. The van der Waals surface area contributed by atoms with Crippen molar-refractivity contribution < 1.29 is 0 Å². The van der Waals surface area contributed by atoms with Crippen LogP contribution in [0.4, 0.5) is 0 Å². The predicted octanol–water partition coefficient (Wildman–Crippen LogP) is 9.98. The summed E-state index contributed by atoms with van der Waals surface area (Å²) in [5.74, 6) is 0.571. The standard InChI is InChI=1S/C42H32N4/c1-28-6-19-40-36(24-28)35-4-2-3-5-39(35)45(40)33-15-9-30(10-16-33)25-29-7-11-31(12-8-29)32-13-17-34(18-14-32)46-41-20-22-43-26-37(41)38-27-44-23-21-42(38)46/h2-23,26-28H,24-25H2,1H3. The van der Waals surface area contributed by atoms with Gasteiger partial charge in [-0.1, -0.05) is 79.7 Å². The van der Waals surface area contributed by atoms with E-state index in [1.807, 2.05) is 24.8 Å². The van der Waals surface area contributed by atoms with Gasteiger partial charge in [0.25, 0.3) is 0 Å². The van der Waals surface area contributed by atoms with Gasteiger partial charge in [-0.3, -0.25) is 9.97 Å². The van der Waals surface area contributed by atoms with E-state index in [9.17, 15) is 0 Å². The van der Waals surface area contributed by atoms with Gasteiger partial charge in [-0.2, -0.15) is 0 Å². The Hall–Kier alpha value is -5.74. The summed E-state index contributed by atoms with van der Waals surface area (Å²) >= 11 is 0. The van der Waals surface area contributed by atoms with Crippen LogP contribution in [-0.4, -0.2) is 19.1 Å².